The molecule has 0 unspecified atom stereocenters. The first-order valence-corrected chi connectivity index (χ1v) is 10.2. The van der Waals surface area contributed by atoms with Gasteiger partial charge in [-0.1, -0.05) is 19.8 Å². The van der Waals surface area contributed by atoms with E-state index in [1.165, 1.54) is 12.8 Å². The lowest BCUT2D eigenvalue weighted by atomic mass is 10.0. The van der Waals surface area contributed by atoms with Gasteiger partial charge in [0.05, 0.1) is 14.2 Å². The Morgan fingerprint density at radius 3 is 2.25 bits per heavy atom. The molecule has 2 rings (SSSR count). The van der Waals surface area contributed by atoms with Crippen molar-refractivity contribution in [3.05, 3.63) is 18.2 Å². The summed E-state index contributed by atoms with van der Waals surface area (Å²) < 4.78 is 10.8. The Morgan fingerprint density at radius 1 is 1.07 bits per heavy atom. The highest BCUT2D eigenvalue weighted by Crippen LogP contribution is 2.30. The van der Waals surface area contributed by atoms with E-state index in [9.17, 15) is 0 Å². The SMILES string of the molecule is CCCCCN=C(NCC)NC1CCN(c2cc(OC)cc(OC)c2)CC1.I. The maximum Gasteiger partial charge on any atom is 0.191 e. The third kappa shape index (κ3) is 7.93. The Labute approximate surface area is 187 Å². The fraction of sp³-hybridized carbons (Fsp3) is 0.667. The summed E-state index contributed by atoms with van der Waals surface area (Å²) in [6.45, 7) is 8.13. The van der Waals surface area contributed by atoms with Crippen LogP contribution in [0.1, 0.15) is 46.0 Å². The zero-order valence-corrected chi connectivity index (χ0v) is 20.1. The van der Waals surface area contributed by atoms with Crippen LogP contribution in [0.3, 0.4) is 0 Å². The molecule has 1 fully saturated rings. The zero-order chi connectivity index (χ0) is 19.5. The quantitative estimate of drug-likeness (QED) is 0.230. The second kappa shape index (κ2) is 13.7. The number of methoxy groups -OCH3 is 2. The first-order valence-electron chi connectivity index (χ1n) is 10.2. The third-order valence-corrected chi connectivity index (χ3v) is 4.91. The van der Waals surface area contributed by atoms with Crippen LogP contribution >= 0.6 is 24.0 Å². The third-order valence-electron chi connectivity index (χ3n) is 4.91. The Bertz CT molecular complexity index is 568. The number of piperidine rings is 1. The van der Waals surface area contributed by atoms with Crippen molar-refractivity contribution >= 4 is 35.6 Å². The lowest BCUT2D eigenvalue weighted by Gasteiger charge is -2.34. The zero-order valence-electron chi connectivity index (χ0n) is 17.8. The van der Waals surface area contributed by atoms with Crippen molar-refractivity contribution in [3.8, 4) is 11.5 Å². The van der Waals surface area contributed by atoms with Crippen LogP contribution in [0.2, 0.25) is 0 Å². The lowest BCUT2D eigenvalue weighted by Crippen LogP contribution is -2.48. The van der Waals surface area contributed by atoms with Crippen LogP contribution in [-0.4, -0.2) is 52.4 Å². The van der Waals surface area contributed by atoms with Crippen LogP contribution < -0.4 is 25.0 Å². The maximum atomic E-state index is 5.40. The van der Waals surface area contributed by atoms with Crippen LogP contribution in [-0.2, 0) is 0 Å². The molecule has 6 nitrogen and oxygen atoms in total. The van der Waals surface area contributed by atoms with Gasteiger partial charge in [0.1, 0.15) is 11.5 Å². The maximum absolute atomic E-state index is 5.40. The number of rotatable bonds is 9. The first kappa shape index (κ1) is 24.7. The summed E-state index contributed by atoms with van der Waals surface area (Å²) in [5, 5.41) is 6.99. The summed E-state index contributed by atoms with van der Waals surface area (Å²) in [5.41, 5.74) is 1.16. The Balaban J connectivity index is 0.00000392. The minimum atomic E-state index is 0. The minimum Gasteiger partial charge on any atom is -0.497 e. The van der Waals surface area contributed by atoms with E-state index in [4.69, 9.17) is 14.5 Å². The van der Waals surface area contributed by atoms with E-state index in [-0.39, 0.29) is 24.0 Å². The topological polar surface area (TPSA) is 58.1 Å². The summed E-state index contributed by atoms with van der Waals surface area (Å²) in [4.78, 5) is 7.11. The van der Waals surface area contributed by atoms with Gasteiger partial charge in [-0.25, -0.2) is 0 Å². The molecule has 1 aliphatic heterocycles. The molecular formula is C21H37IN4O2. The molecule has 0 radical (unpaired) electrons. The number of halogens is 1. The van der Waals surface area contributed by atoms with Gasteiger partial charge in [-0.05, 0) is 26.2 Å². The fourth-order valence-electron chi connectivity index (χ4n) is 3.32. The fourth-order valence-corrected chi connectivity index (χ4v) is 3.32. The van der Waals surface area contributed by atoms with Crippen molar-refractivity contribution in [1.29, 1.82) is 0 Å². The van der Waals surface area contributed by atoms with Crippen molar-refractivity contribution in [2.24, 2.45) is 4.99 Å². The molecule has 7 heteroatoms. The molecule has 0 bridgehead atoms. The van der Waals surface area contributed by atoms with Crippen LogP contribution in [0.25, 0.3) is 0 Å². The smallest absolute Gasteiger partial charge is 0.191 e. The van der Waals surface area contributed by atoms with Gasteiger partial charge in [-0.15, -0.1) is 24.0 Å². The number of anilines is 1. The number of aliphatic imine (C=N–C) groups is 1. The van der Waals surface area contributed by atoms with Crippen LogP contribution in [0.5, 0.6) is 11.5 Å². The predicted molar refractivity (Wildman–Crippen MR) is 129 cm³/mol. The highest BCUT2D eigenvalue weighted by Gasteiger charge is 2.21. The van der Waals surface area contributed by atoms with Gasteiger partial charge in [0.2, 0.25) is 0 Å². The van der Waals surface area contributed by atoms with Crippen molar-refractivity contribution < 1.29 is 9.47 Å². The van der Waals surface area contributed by atoms with Crippen LogP contribution in [0, 0.1) is 0 Å². The van der Waals surface area contributed by atoms with Crippen molar-refractivity contribution in [2.45, 2.75) is 52.0 Å². The van der Waals surface area contributed by atoms with E-state index in [2.05, 4.69) is 41.5 Å². The number of ether oxygens (including phenoxy) is 2. The summed E-state index contributed by atoms with van der Waals surface area (Å²) in [6.07, 6.45) is 5.79. The molecule has 0 aliphatic carbocycles. The predicted octanol–water partition coefficient (Wildman–Crippen LogP) is 4.04. The van der Waals surface area contributed by atoms with Gasteiger partial charge in [0.25, 0.3) is 0 Å². The molecule has 1 heterocycles. The molecule has 0 aromatic heterocycles. The van der Waals surface area contributed by atoms with Gasteiger partial charge in [0.15, 0.2) is 5.96 Å². The Morgan fingerprint density at radius 2 is 1.71 bits per heavy atom. The van der Waals surface area contributed by atoms with E-state index < -0.39 is 0 Å². The van der Waals surface area contributed by atoms with Gasteiger partial charge in [0, 0.05) is 56.1 Å². The van der Waals surface area contributed by atoms with Gasteiger partial charge in [-0.2, -0.15) is 0 Å². The van der Waals surface area contributed by atoms with Gasteiger partial charge < -0.3 is 25.0 Å². The Hall–Kier alpha value is -1.38. The van der Waals surface area contributed by atoms with E-state index in [1.807, 2.05) is 6.07 Å². The first-order chi connectivity index (χ1) is 13.2. The molecule has 0 amide bonds. The lowest BCUT2D eigenvalue weighted by molar-refractivity contribution is 0.393. The molecule has 28 heavy (non-hydrogen) atoms. The number of benzene rings is 1. The van der Waals surface area contributed by atoms with Gasteiger partial charge in [-0.3, -0.25) is 4.99 Å². The van der Waals surface area contributed by atoms with Gasteiger partial charge >= 0.3 is 0 Å². The number of hydrogen-bond donors (Lipinski definition) is 2. The highest BCUT2D eigenvalue weighted by molar-refractivity contribution is 14.0. The average molecular weight is 504 g/mol. The molecule has 0 spiro atoms. The molecule has 1 aromatic carbocycles. The van der Waals surface area contributed by atoms with E-state index in [0.29, 0.717) is 6.04 Å². The highest BCUT2D eigenvalue weighted by atomic mass is 127. The van der Waals surface area contributed by atoms with Crippen molar-refractivity contribution in [3.63, 3.8) is 0 Å². The van der Waals surface area contributed by atoms with E-state index in [1.54, 1.807) is 14.2 Å². The standard InChI is InChI=1S/C21H36N4O2.HI/c1-5-7-8-11-23-21(22-6-2)24-17-9-12-25(13-10-17)18-14-19(26-3)16-20(15-18)27-4;/h14-17H,5-13H2,1-4H3,(H2,22,23,24);1H. The summed E-state index contributed by atoms with van der Waals surface area (Å²) in [7, 11) is 3.38. The molecule has 0 saturated carbocycles. The van der Waals surface area contributed by atoms with Crippen LogP contribution in [0.4, 0.5) is 5.69 Å². The molecule has 2 N–H and O–H groups in total. The molecule has 1 saturated heterocycles. The molecule has 160 valence electrons. The molecule has 0 atom stereocenters. The summed E-state index contributed by atoms with van der Waals surface area (Å²) in [5.74, 6) is 2.62. The summed E-state index contributed by atoms with van der Waals surface area (Å²) >= 11 is 0. The molecule has 1 aromatic rings. The van der Waals surface area contributed by atoms with E-state index in [0.717, 1.165) is 68.6 Å². The number of hydrogen-bond acceptors (Lipinski definition) is 4. The number of guanidine groups is 1. The Kier molecular flexibility index (Phi) is 12.1. The average Bonchev–Trinajstić information content (AvgIpc) is 2.71. The number of nitrogens with one attached hydrogen (secondary N) is 2. The second-order valence-corrected chi connectivity index (χ2v) is 6.94. The molecule has 1 aliphatic rings. The van der Waals surface area contributed by atoms with Crippen molar-refractivity contribution in [1.82, 2.24) is 10.6 Å². The number of unbranched alkanes of at least 4 members (excludes halogenated alkanes) is 2. The minimum absolute atomic E-state index is 0. The monoisotopic (exact) mass is 504 g/mol. The number of nitrogens with zero attached hydrogens (tertiary/aromatic N) is 2. The summed E-state index contributed by atoms with van der Waals surface area (Å²) in [6, 6.07) is 6.53. The van der Waals surface area contributed by atoms with Crippen LogP contribution in [0.15, 0.2) is 23.2 Å². The normalized spacial score (nSPS) is 15.0. The van der Waals surface area contributed by atoms with Crippen molar-refractivity contribution in [2.75, 3.05) is 45.3 Å². The van der Waals surface area contributed by atoms with E-state index >= 15 is 0 Å². The largest absolute Gasteiger partial charge is 0.497 e. The molecular weight excluding hydrogens is 467 g/mol. The second-order valence-electron chi connectivity index (χ2n) is 6.94.